The van der Waals surface area contributed by atoms with Gasteiger partial charge in [-0.1, -0.05) is 6.07 Å². The van der Waals surface area contributed by atoms with Gasteiger partial charge in [-0.2, -0.15) is 4.39 Å². The Hall–Kier alpha value is -0.940. The highest BCUT2D eigenvalue weighted by Gasteiger charge is 2.01. The number of anilines is 1. The third-order valence-electron chi connectivity index (χ3n) is 1.84. The van der Waals surface area contributed by atoms with Crippen LogP contribution >= 0.6 is 27.3 Å². The lowest BCUT2D eigenvalue weighted by Crippen LogP contribution is -2.00. The van der Waals surface area contributed by atoms with Crippen molar-refractivity contribution in [1.82, 2.24) is 4.98 Å². The van der Waals surface area contributed by atoms with Crippen LogP contribution in [0.15, 0.2) is 34.1 Å². The van der Waals surface area contributed by atoms with Crippen molar-refractivity contribution in [2.24, 2.45) is 0 Å². The zero-order valence-corrected chi connectivity index (χ0v) is 10.1. The Morgan fingerprint density at radius 3 is 2.93 bits per heavy atom. The van der Waals surface area contributed by atoms with Crippen molar-refractivity contribution in [3.05, 3.63) is 44.9 Å². The minimum Gasteiger partial charge on any atom is -0.365 e. The first kappa shape index (κ1) is 10.6. The molecule has 15 heavy (non-hydrogen) atoms. The van der Waals surface area contributed by atoms with Crippen LogP contribution in [0.5, 0.6) is 0 Å². The Morgan fingerprint density at radius 2 is 2.27 bits per heavy atom. The lowest BCUT2D eigenvalue weighted by atomic mass is 10.4. The van der Waals surface area contributed by atoms with Gasteiger partial charge in [-0.05, 0) is 39.5 Å². The molecule has 0 saturated heterocycles. The van der Waals surface area contributed by atoms with Gasteiger partial charge in [0.15, 0.2) is 0 Å². The fraction of sp³-hybridized carbons (Fsp3) is 0.100. The minimum atomic E-state index is -0.467. The summed E-state index contributed by atoms with van der Waals surface area (Å²) in [6, 6.07) is 6.69. The van der Waals surface area contributed by atoms with E-state index in [1.807, 2.05) is 11.4 Å². The van der Waals surface area contributed by atoms with E-state index in [0.717, 1.165) is 4.47 Å². The van der Waals surface area contributed by atoms with Gasteiger partial charge in [-0.3, -0.25) is 0 Å². The molecule has 0 saturated carbocycles. The van der Waals surface area contributed by atoms with Gasteiger partial charge < -0.3 is 5.32 Å². The molecule has 0 unspecified atom stereocenters. The molecule has 0 aliphatic carbocycles. The molecule has 0 aliphatic rings. The quantitative estimate of drug-likeness (QED) is 0.871. The molecule has 0 fully saturated rings. The second-order valence-electron chi connectivity index (χ2n) is 2.89. The van der Waals surface area contributed by atoms with Gasteiger partial charge in [0.2, 0.25) is 5.95 Å². The first-order valence-electron chi connectivity index (χ1n) is 4.34. The summed E-state index contributed by atoms with van der Waals surface area (Å²) >= 11 is 5.07. The number of hydrogen-bond donors (Lipinski definition) is 1. The molecule has 2 aromatic rings. The molecule has 0 aromatic carbocycles. The molecular formula is C10H8BrFN2S. The molecule has 2 nitrogen and oxygen atoms in total. The number of pyridine rings is 1. The highest BCUT2D eigenvalue weighted by atomic mass is 79.9. The van der Waals surface area contributed by atoms with Crippen LogP contribution in [-0.4, -0.2) is 4.98 Å². The van der Waals surface area contributed by atoms with Crippen LogP contribution < -0.4 is 5.32 Å². The van der Waals surface area contributed by atoms with E-state index >= 15 is 0 Å². The number of nitrogens with zero attached hydrogens (tertiary/aromatic N) is 1. The Bertz CT molecular complexity index is 458. The number of halogens is 2. The second kappa shape index (κ2) is 4.72. The average molecular weight is 287 g/mol. The smallest absolute Gasteiger partial charge is 0.214 e. The lowest BCUT2D eigenvalue weighted by Gasteiger charge is -2.03. The van der Waals surface area contributed by atoms with Gasteiger partial charge in [-0.25, -0.2) is 4.98 Å². The van der Waals surface area contributed by atoms with Crippen LogP contribution in [0.1, 0.15) is 4.88 Å². The van der Waals surface area contributed by atoms with Gasteiger partial charge in [0.1, 0.15) is 5.82 Å². The number of thiophene rings is 1. The van der Waals surface area contributed by atoms with E-state index in [1.165, 1.54) is 10.9 Å². The highest BCUT2D eigenvalue weighted by Crippen LogP contribution is 2.23. The maximum atomic E-state index is 12.8. The zero-order valence-electron chi connectivity index (χ0n) is 7.71. The number of nitrogens with one attached hydrogen (secondary N) is 1. The lowest BCUT2D eigenvalue weighted by molar-refractivity contribution is 0.585. The summed E-state index contributed by atoms with van der Waals surface area (Å²) in [5.74, 6) is 0.0838. The van der Waals surface area contributed by atoms with Crippen molar-refractivity contribution in [3.63, 3.8) is 0 Å². The van der Waals surface area contributed by atoms with Gasteiger partial charge in [-0.15, -0.1) is 11.3 Å². The number of aromatic nitrogens is 1. The third-order valence-corrected chi connectivity index (χ3v) is 3.76. The van der Waals surface area contributed by atoms with Gasteiger partial charge in [0.25, 0.3) is 0 Å². The maximum absolute atomic E-state index is 12.8. The predicted molar refractivity (Wildman–Crippen MR) is 63.5 cm³/mol. The van der Waals surface area contributed by atoms with Crippen LogP contribution in [0.2, 0.25) is 0 Å². The molecule has 0 aliphatic heterocycles. The molecule has 0 atom stereocenters. The fourth-order valence-corrected chi connectivity index (χ4v) is 2.56. The summed E-state index contributed by atoms with van der Waals surface area (Å²) in [4.78, 5) is 4.88. The molecular weight excluding hydrogens is 279 g/mol. The summed E-state index contributed by atoms with van der Waals surface area (Å²) in [5, 5.41) is 5.06. The Balaban J connectivity index is 2.02. The molecule has 2 rings (SSSR count). The van der Waals surface area contributed by atoms with Crippen molar-refractivity contribution in [3.8, 4) is 0 Å². The number of hydrogen-bond acceptors (Lipinski definition) is 3. The SMILES string of the molecule is Fc1cccc(NCc2sccc2Br)n1. The molecule has 2 heterocycles. The van der Waals surface area contributed by atoms with Crippen molar-refractivity contribution in [2.45, 2.75) is 6.54 Å². The zero-order chi connectivity index (χ0) is 10.7. The Kier molecular flexibility index (Phi) is 3.33. The fourth-order valence-electron chi connectivity index (χ4n) is 1.13. The molecule has 5 heteroatoms. The summed E-state index contributed by atoms with van der Waals surface area (Å²) < 4.78 is 13.8. The predicted octanol–water partition coefficient (Wildman–Crippen LogP) is 3.66. The normalized spacial score (nSPS) is 10.3. The Morgan fingerprint density at radius 1 is 1.40 bits per heavy atom. The van der Waals surface area contributed by atoms with E-state index in [1.54, 1.807) is 23.5 Å². The van der Waals surface area contributed by atoms with E-state index in [-0.39, 0.29) is 0 Å². The molecule has 2 aromatic heterocycles. The minimum absolute atomic E-state index is 0.467. The monoisotopic (exact) mass is 286 g/mol. The molecule has 1 N–H and O–H groups in total. The van der Waals surface area contributed by atoms with Crippen LogP contribution in [-0.2, 0) is 6.54 Å². The number of rotatable bonds is 3. The highest BCUT2D eigenvalue weighted by molar-refractivity contribution is 9.10. The van der Waals surface area contributed by atoms with Gasteiger partial charge >= 0.3 is 0 Å². The van der Waals surface area contributed by atoms with Crippen LogP contribution in [0.4, 0.5) is 10.2 Å². The van der Waals surface area contributed by atoms with Crippen molar-refractivity contribution in [1.29, 1.82) is 0 Å². The van der Waals surface area contributed by atoms with Crippen LogP contribution in [0.25, 0.3) is 0 Å². The molecule has 78 valence electrons. The topological polar surface area (TPSA) is 24.9 Å². The average Bonchev–Trinajstić information content (AvgIpc) is 2.61. The standard InChI is InChI=1S/C10H8BrFN2S/c11-7-4-5-15-8(7)6-13-10-3-1-2-9(12)14-10/h1-5H,6H2,(H,13,14). The summed E-state index contributed by atoms with van der Waals surface area (Å²) in [5.41, 5.74) is 0. The molecule has 0 radical (unpaired) electrons. The first-order valence-corrected chi connectivity index (χ1v) is 6.01. The molecule has 0 bridgehead atoms. The van der Waals surface area contributed by atoms with Crippen molar-refractivity contribution >= 4 is 33.1 Å². The van der Waals surface area contributed by atoms with Gasteiger partial charge in [0.05, 0.1) is 6.54 Å². The second-order valence-corrected chi connectivity index (χ2v) is 4.75. The molecule has 0 amide bonds. The van der Waals surface area contributed by atoms with Crippen molar-refractivity contribution in [2.75, 3.05) is 5.32 Å². The summed E-state index contributed by atoms with van der Waals surface area (Å²) in [6.07, 6.45) is 0. The Labute approximate surface area is 99.3 Å². The summed E-state index contributed by atoms with van der Waals surface area (Å²) in [7, 11) is 0. The van der Waals surface area contributed by atoms with Crippen molar-refractivity contribution < 1.29 is 4.39 Å². The maximum Gasteiger partial charge on any atom is 0.214 e. The van der Waals surface area contributed by atoms with Crippen LogP contribution in [0.3, 0.4) is 0 Å². The van der Waals surface area contributed by atoms with E-state index in [2.05, 4.69) is 26.2 Å². The first-order chi connectivity index (χ1) is 7.25. The van der Waals surface area contributed by atoms with E-state index < -0.39 is 5.95 Å². The molecule has 0 spiro atoms. The third kappa shape index (κ3) is 2.76. The van der Waals surface area contributed by atoms with E-state index in [4.69, 9.17) is 0 Å². The van der Waals surface area contributed by atoms with Gasteiger partial charge in [0, 0.05) is 9.35 Å². The van der Waals surface area contributed by atoms with E-state index in [0.29, 0.717) is 12.4 Å². The summed E-state index contributed by atoms with van der Waals surface area (Å²) in [6.45, 7) is 0.648. The van der Waals surface area contributed by atoms with Crippen LogP contribution in [0, 0.1) is 5.95 Å². The van der Waals surface area contributed by atoms with E-state index in [9.17, 15) is 4.39 Å². The largest absolute Gasteiger partial charge is 0.365 e.